The number of nitrogens with one attached hydrogen (secondary N) is 2. The Labute approximate surface area is 213 Å². The number of carbonyl (C=O) groups is 2. The van der Waals surface area contributed by atoms with E-state index in [-0.39, 0.29) is 12.8 Å². The molecule has 0 aliphatic heterocycles. The van der Waals surface area contributed by atoms with Gasteiger partial charge >= 0.3 is 0 Å². The van der Waals surface area contributed by atoms with Crippen LogP contribution in [0.1, 0.15) is 24.0 Å². The molecule has 0 aliphatic carbocycles. The van der Waals surface area contributed by atoms with E-state index in [4.69, 9.17) is 18.9 Å². The van der Waals surface area contributed by atoms with Crippen LogP contribution in [-0.4, -0.2) is 52.7 Å². The SMILES string of the molecule is COc1cc(OC)c(/C=N\NC(=O)CCC(=O)N/N=C\c2cc(Br)c(OC)cc2OC)cc1Br. The third kappa shape index (κ3) is 7.73. The first-order valence-electron chi connectivity index (χ1n) is 9.79. The normalized spacial score (nSPS) is 10.9. The number of benzene rings is 2. The van der Waals surface area contributed by atoms with E-state index in [1.54, 1.807) is 38.5 Å². The molecule has 2 amide bonds. The number of methoxy groups -OCH3 is 4. The summed E-state index contributed by atoms with van der Waals surface area (Å²) >= 11 is 6.77. The molecule has 12 heteroatoms. The molecule has 0 fully saturated rings. The summed E-state index contributed by atoms with van der Waals surface area (Å²) in [5.41, 5.74) is 6.01. The van der Waals surface area contributed by atoms with Crippen molar-refractivity contribution in [3.8, 4) is 23.0 Å². The molecule has 0 saturated heterocycles. The predicted octanol–water partition coefficient (Wildman–Crippen LogP) is 3.63. The highest BCUT2D eigenvalue weighted by Gasteiger charge is 2.10. The van der Waals surface area contributed by atoms with Crippen LogP contribution in [0.2, 0.25) is 0 Å². The predicted molar refractivity (Wildman–Crippen MR) is 135 cm³/mol. The molecule has 2 rings (SSSR count). The first-order valence-corrected chi connectivity index (χ1v) is 11.4. The summed E-state index contributed by atoms with van der Waals surface area (Å²) in [4.78, 5) is 24.0. The molecular formula is C22H24Br2N4O6. The lowest BCUT2D eigenvalue weighted by Gasteiger charge is -2.09. The molecule has 182 valence electrons. The molecule has 34 heavy (non-hydrogen) atoms. The van der Waals surface area contributed by atoms with E-state index < -0.39 is 11.8 Å². The standard InChI is InChI=1S/C22H24Br2N4O6/c1-31-17-9-19(33-3)15(23)7-13(17)11-25-27-21(29)5-6-22(30)28-26-12-14-8-16(24)20(34-4)10-18(14)32-2/h7-12H,5-6H2,1-4H3,(H,27,29)(H,28,30)/b25-11-,26-12-. The van der Waals surface area contributed by atoms with E-state index in [0.717, 1.165) is 0 Å². The summed E-state index contributed by atoms with van der Waals surface area (Å²) < 4.78 is 22.4. The maximum absolute atomic E-state index is 12.0. The molecule has 2 aromatic rings. The fourth-order valence-electron chi connectivity index (χ4n) is 2.65. The summed E-state index contributed by atoms with van der Waals surface area (Å²) in [7, 11) is 6.13. The first-order chi connectivity index (χ1) is 16.3. The Hall–Kier alpha value is -3.12. The van der Waals surface area contributed by atoms with Gasteiger partial charge in [-0.1, -0.05) is 0 Å². The van der Waals surface area contributed by atoms with Gasteiger partial charge in [0.2, 0.25) is 11.8 Å². The zero-order chi connectivity index (χ0) is 25.1. The van der Waals surface area contributed by atoms with Crippen LogP contribution < -0.4 is 29.8 Å². The minimum absolute atomic E-state index is 0.0699. The molecule has 2 aromatic carbocycles. The number of hydrazone groups is 2. The highest BCUT2D eigenvalue weighted by molar-refractivity contribution is 9.10. The summed E-state index contributed by atoms with van der Waals surface area (Å²) in [5.74, 6) is 1.39. The van der Waals surface area contributed by atoms with Crippen molar-refractivity contribution in [2.75, 3.05) is 28.4 Å². The lowest BCUT2D eigenvalue weighted by atomic mass is 10.2. The van der Waals surface area contributed by atoms with Crippen molar-refractivity contribution in [2.24, 2.45) is 10.2 Å². The number of carbonyl (C=O) groups excluding carboxylic acids is 2. The number of nitrogens with zero attached hydrogens (tertiary/aromatic N) is 2. The van der Waals surface area contributed by atoms with Crippen molar-refractivity contribution < 1.29 is 28.5 Å². The number of rotatable bonds is 11. The van der Waals surface area contributed by atoms with Gasteiger partial charge in [0.25, 0.3) is 0 Å². The van der Waals surface area contributed by atoms with Gasteiger partial charge in [-0.05, 0) is 44.0 Å². The second-order valence-electron chi connectivity index (χ2n) is 6.54. The average molecular weight is 600 g/mol. The van der Waals surface area contributed by atoms with Crippen LogP contribution in [0.5, 0.6) is 23.0 Å². The number of amides is 2. The van der Waals surface area contributed by atoms with Gasteiger partial charge < -0.3 is 18.9 Å². The van der Waals surface area contributed by atoms with Gasteiger partial charge in [-0.3, -0.25) is 9.59 Å². The van der Waals surface area contributed by atoms with Crippen molar-refractivity contribution in [2.45, 2.75) is 12.8 Å². The maximum atomic E-state index is 12.0. The summed E-state index contributed by atoms with van der Waals surface area (Å²) in [6.07, 6.45) is 2.73. The van der Waals surface area contributed by atoms with Gasteiger partial charge in [0.05, 0.1) is 49.8 Å². The number of halogens is 2. The van der Waals surface area contributed by atoms with Crippen LogP contribution >= 0.6 is 31.9 Å². The lowest BCUT2D eigenvalue weighted by Crippen LogP contribution is -2.22. The molecule has 0 radical (unpaired) electrons. The quantitative estimate of drug-likeness (QED) is 0.301. The van der Waals surface area contributed by atoms with Gasteiger partial charge in [0, 0.05) is 36.1 Å². The van der Waals surface area contributed by atoms with Crippen molar-refractivity contribution in [1.29, 1.82) is 0 Å². The van der Waals surface area contributed by atoms with Gasteiger partial charge in [-0.25, -0.2) is 10.9 Å². The Bertz CT molecular complexity index is 1010. The van der Waals surface area contributed by atoms with Crippen LogP contribution in [0, 0.1) is 0 Å². The Morgan fingerprint density at radius 3 is 1.38 bits per heavy atom. The Balaban J connectivity index is 1.85. The Morgan fingerprint density at radius 1 is 0.706 bits per heavy atom. The third-order valence-corrected chi connectivity index (χ3v) is 5.61. The molecular weight excluding hydrogens is 576 g/mol. The second kappa shape index (κ2) is 13.6. The molecule has 0 aromatic heterocycles. The highest BCUT2D eigenvalue weighted by atomic mass is 79.9. The van der Waals surface area contributed by atoms with Crippen LogP contribution in [0.15, 0.2) is 43.4 Å². The minimum atomic E-state index is -0.428. The summed E-state index contributed by atoms with van der Waals surface area (Å²) in [5, 5.41) is 7.82. The summed E-state index contributed by atoms with van der Waals surface area (Å²) in [6.45, 7) is 0. The molecule has 10 nitrogen and oxygen atoms in total. The smallest absolute Gasteiger partial charge is 0.240 e. The van der Waals surface area contributed by atoms with E-state index in [1.807, 2.05) is 0 Å². The molecule has 0 heterocycles. The molecule has 0 saturated carbocycles. The molecule has 0 bridgehead atoms. The maximum Gasteiger partial charge on any atom is 0.240 e. The van der Waals surface area contributed by atoms with Crippen LogP contribution in [0.4, 0.5) is 0 Å². The van der Waals surface area contributed by atoms with E-state index in [2.05, 4.69) is 52.9 Å². The van der Waals surface area contributed by atoms with Crippen molar-refractivity contribution in [1.82, 2.24) is 10.9 Å². The Kier molecular flexibility index (Phi) is 10.8. The monoisotopic (exact) mass is 598 g/mol. The van der Waals surface area contributed by atoms with E-state index in [0.29, 0.717) is 43.1 Å². The zero-order valence-corrected chi connectivity index (χ0v) is 22.2. The topological polar surface area (TPSA) is 120 Å². The largest absolute Gasteiger partial charge is 0.496 e. The molecule has 0 spiro atoms. The number of ether oxygens (including phenoxy) is 4. The van der Waals surface area contributed by atoms with Crippen molar-refractivity contribution in [3.05, 3.63) is 44.3 Å². The average Bonchev–Trinajstić information content (AvgIpc) is 2.83. The van der Waals surface area contributed by atoms with E-state index >= 15 is 0 Å². The van der Waals surface area contributed by atoms with E-state index in [9.17, 15) is 9.59 Å². The van der Waals surface area contributed by atoms with Gasteiger partial charge in [0.15, 0.2) is 0 Å². The van der Waals surface area contributed by atoms with Gasteiger partial charge in [0.1, 0.15) is 23.0 Å². The third-order valence-electron chi connectivity index (χ3n) is 4.37. The highest BCUT2D eigenvalue weighted by Crippen LogP contribution is 2.32. The lowest BCUT2D eigenvalue weighted by molar-refractivity contribution is -0.126. The van der Waals surface area contributed by atoms with Gasteiger partial charge in [-0.15, -0.1) is 0 Å². The molecule has 0 atom stereocenters. The van der Waals surface area contributed by atoms with Crippen molar-refractivity contribution in [3.63, 3.8) is 0 Å². The zero-order valence-electron chi connectivity index (χ0n) is 19.0. The Morgan fingerprint density at radius 2 is 1.06 bits per heavy atom. The molecule has 0 unspecified atom stereocenters. The van der Waals surface area contributed by atoms with Crippen LogP contribution in [0.25, 0.3) is 0 Å². The second-order valence-corrected chi connectivity index (χ2v) is 8.25. The molecule has 2 N–H and O–H groups in total. The minimum Gasteiger partial charge on any atom is -0.496 e. The number of hydrogen-bond acceptors (Lipinski definition) is 8. The number of hydrogen-bond donors (Lipinski definition) is 2. The molecule has 0 aliphatic rings. The fraction of sp³-hybridized carbons (Fsp3) is 0.273. The van der Waals surface area contributed by atoms with Crippen LogP contribution in [0.3, 0.4) is 0 Å². The summed E-state index contributed by atoms with van der Waals surface area (Å²) in [6, 6.07) is 6.88. The van der Waals surface area contributed by atoms with Gasteiger partial charge in [-0.2, -0.15) is 10.2 Å². The first kappa shape index (κ1) is 27.1. The van der Waals surface area contributed by atoms with E-state index in [1.165, 1.54) is 26.6 Å². The van der Waals surface area contributed by atoms with Crippen LogP contribution in [-0.2, 0) is 9.59 Å². The van der Waals surface area contributed by atoms with Crippen molar-refractivity contribution >= 4 is 56.1 Å². The fourth-order valence-corrected chi connectivity index (χ4v) is 3.70.